The zero-order valence-electron chi connectivity index (χ0n) is 13.3. The quantitative estimate of drug-likeness (QED) is 0.829. The van der Waals surface area contributed by atoms with Gasteiger partial charge in [-0.3, -0.25) is 0 Å². The molecule has 1 fully saturated rings. The summed E-state index contributed by atoms with van der Waals surface area (Å²) >= 11 is 0. The van der Waals surface area contributed by atoms with Gasteiger partial charge >= 0.3 is 0 Å². The Morgan fingerprint density at radius 1 is 1.35 bits per heavy atom. The predicted molar refractivity (Wildman–Crippen MR) is 83.9 cm³/mol. The van der Waals surface area contributed by atoms with Crippen molar-refractivity contribution in [2.75, 3.05) is 19.6 Å². The van der Waals surface area contributed by atoms with Crippen LogP contribution in [-0.2, 0) is 6.42 Å². The van der Waals surface area contributed by atoms with Crippen LogP contribution in [0.5, 0.6) is 0 Å². The van der Waals surface area contributed by atoms with E-state index < -0.39 is 0 Å². The number of likely N-dealkylation sites (tertiary alicyclic amines) is 1. The molecule has 2 heterocycles. The van der Waals surface area contributed by atoms with E-state index in [1.54, 1.807) is 6.26 Å². The van der Waals surface area contributed by atoms with Gasteiger partial charge in [-0.25, -0.2) is 0 Å². The molecule has 3 heteroatoms. The first-order valence-electron chi connectivity index (χ1n) is 8.19. The maximum absolute atomic E-state index is 5.40. The second-order valence-electron chi connectivity index (χ2n) is 6.25. The van der Waals surface area contributed by atoms with Crippen LogP contribution >= 0.6 is 0 Å². The fourth-order valence-corrected chi connectivity index (χ4v) is 3.25. The van der Waals surface area contributed by atoms with Crippen molar-refractivity contribution in [3.63, 3.8) is 0 Å². The molecule has 0 bridgehead atoms. The summed E-state index contributed by atoms with van der Waals surface area (Å²) in [6, 6.07) is 5.22. The molecule has 1 aliphatic heterocycles. The fourth-order valence-electron chi connectivity index (χ4n) is 3.25. The zero-order chi connectivity index (χ0) is 14.4. The Kier molecular flexibility index (Phi) is 6.11. The summed E-state index contributed by atoms with van der Waals surface area (Å²) in [6.45, 7) is 10.7. The molecule has 114 valence electrons. The summed E-state index contributed by atoms with van der Waals surface area (Å²) in [7, 11) is 0. The van der Waals surface area contributed by atoms with E-state index in [0.29, 0.717) is 12.1 Å². The van der Waals surface area contributed by atoms with Crippen molar-refractivity contribution in [3.05, 3.63) is 24.2 Å². The molecule has 0 saturated carbocycles. The van der Waals surface area contributed by atoms with Crippen LogP contribution in [0, 0.1) is 5.92 Å². The fraction of sp³-hybridized carbons (Fsp3) is 0.765. The van der Waals surface area contributed by atoms with Crippen LogP contribution in [0.25, 0.3) is 0 Å². The Morgan fingerprint density at radius 2 is 2.10 bits per heavy atom. The summed E-state index contributed by atoms with van der Waals surface area (Å²) < 4.78 is 5.40. The van der Waals surface area contributed by atoms with Gasteiger partial charge in [0.05, 0.1) is 6.26 Å². The van der Waals surface area contributed by atoms with Gasteiger partial charge in [-0.1, -0.05) is 6.92 Å². The average Bonchev–Trinajstić information content (AvgIpc) is 2.98. The normalized spacial score (nSPS) is 20.9. The lowest BCUT2D eigenvalue weighted by atomic mass is 9.89. The summed E-state index contributed by atoms with van der Waals surface area (Å²) in [4.78, 5) is 2.56. The lowest BCUT2D eigenvalue weighted by Crippen LogP contribution is -2.44. The molecule has 1 aromatic rings. The van der Waals surface area contributed by atoms with Crippen molar-refractivity contribution >= 4 is 0 Å². The van der Waals surface area contributed by atoms with Gasteiger partial charge in [0.2, 0.25) is 0 Å². The molecule has 3 nitrogen and oxygen atoms in total. The van der Waals surface area contributed by atoms with Crippen molar-refractivity contribution in [2.45, 2.75) is 58.5 Å². The van der Waals surface area contributed by atoms with Crippen LogP contribution < -0.4 is 5.32 Å². The van der Waals surface area contributed by atoms with Gasteiger partial charge in [0.1, 0.15) is 5.76 Å². The molecule has 1 N–H and O–H groups in total. The second kappa shape index (κ2) is 7.84. The molecule has 20 heavy (non-hydrogen) atoms. The summed E-state index contributed by atoms with van der Waals surface area (Å²) in [5, 5.41) is 3.78. The highest BCUT2D eigenvalue weighted by atomic mass is 16.3. The Hall–Kier alpha value is -0.800. The van der Waals surface area contributed by atoms with E-state index in [0.717, 1.165) is 24.5 Å². The largest absolute Gasteiger partial charge is 0.469 e. The van der Waals surface area contributed by atoms with Gasteiger partial charge in [0, 0.05) is 18.5 Å². The summed E-state index contributed by atoms with van der Waals surface area (Å²) in [5.74, 6) is 1.94. The van der Waals surface area contributed by atoms with Gasteiger partial charge in [0.25, 0.3) is 0 Å². The first-order chi connectivity index (χ1) is 9.69. The topological polar surface area (TPSA) is 28.4 Å². The molecule has 0 amide bonds. The van der Waals surface area contributed by atoms with E-state index in [4.69, 9.17) is 4.42 Å². The standard InChI is InChI=1S/C17H30N2O/c1-4-19-11-9-16(10-12-19)15(3)18-14(2)7-8-17-6-5-13-20-17/h5-6,13-16,18H,4,7-12H2,1-3H3. The predicted octanol–water partition coefficient (Wildman–Crippen LogP) is 3.31. The number of rotatable bonds is 7. The monoisotopic (exact) mass is 278 g/mol. The summed E-state index contributed by atoms with van der Waals surface area (Å²) in [6.07, 6.45) is 6.62. The zero-order valence-corrected chi connectivity index (χ0v) is 13.3. The van der Waals surface area contributed by atoms with E-state index in [1.807, 2.05) is 6.07 Å². The molecule has 1 aliphatic rings. The minimum absolute atomic E-state index is 0.555. The van der Waals surface area contributed by atoms with E-state index >= 15 is 0 Å². The molecule has 0 radical (unpaired) electrons. The van der Waals surface area contributed by atoms with E-state index in [2.05, 4.69) is 37.1 Å². The first kappa shape index (κ1) is 15.6. The number of hydrogen-bond acceptors (Lipinski definition) is 3. The van der Waals surface area contributed by atoms with Gasteiger partial charge < -0.3 is 14.6 Å². The number of nitrogens with one attached hydrogen (secondary N) is 1. The number of furan rings is 1. The minimum atomic E-state index is 0.555. The maximum atomic E-state index is 5.40. The van der Waals surface area contributed by atoms with Gasteiger partial charge in [-0.15, -0.1) is 0 Å². The van der Waals surface area contributed by atoms with E-state index in [1.165, 1.54) is 32.5 Å². The SMILES string of the molecule is CCN1CCC(C(C)NC(C)CCc2ccco2)CC1. The Labute approximate surface area is 123 Å². The highest BCUT2D eigenvalue weighted by molar-refractivity contribution is 4.98. The highest BCUT2D eigenvalue weighted by Gasteiger charge is 2.23. The third kappa shape index (κ3) is 4.64. The lowest BCUT2D eigenvalue weighted by Gasteiger charge is -2.35. The Morgan fingerprint density at radius 3 is 2.70 bits per heavy atom. The lowest BCUT2D eigenvalue weighted by molar-refractivity contribution is 0.164. The molecule has 0 spiro atoms. The number of nitrogens with zero attached hydrogens (tertiary/aromatic N) is 1. The summed E-state index contributed by atoms with van der Waals surface area (Å²) in [5.41, 5.74) is 0. The molecule has 1 saturated heterocycles. The van der Waals surface area contributed by atoms with E-state index in [-0.39, 0.29) is 0 Å². The number of aryl methyl sites for hydroxylation is 1. The molecule has 2 unspecified atom stereocenters. The number of piperidine rings is 1. The van der Waals surface area contributed by atoms with Crippen molar-refractivity contribution < 1.29 is 4.42 Å². The molecule has 0 aromatic carbocycles. The number of hydrogen-bond donors (Lipinski definition) is 1. The van der Waals surface area contributed by atoms with Crippen LogP contribution in [-0.4, -0.2) is 36.6 Å². The van der Waals surface area contributed by atoms with Crippen LogP contribution in [0.3, 0.4) is 0 Å². The van der Waals surface area contributed by atoms with Crippen LogP contribution in [0.15, 0.2) is 22.8 Å². The van der Waals surface area contributed by atoms with Crippen molar-refractivity contribution in [1.29, 1.82) is 0 Å². The van der Waals surface area contributed by atoms with Crippen LogP contribution in [0.4, 0.5) is 0 Å². The van der Waals surface area contributed by atoms with Gasteiger partial charge in [0.15, 0.2) is 0 Å². The van der Waals surface area contributed by atoms with Crippen molar-refractivity contribution in [1.82, 2.24) is 10.2 Å². The molecule has 1 aromatic heterocycles. The molecule has 2 atom stereocenters. The third-order valence-corrected chi connectivity index (χ3v) is 4.74. The van der Waals surface area contributed by atoms with Crippen LogP contribution in [0.2, 0.25) is 0 Å². The van der Waals surface area contributed by atoms with Crippen LogP contribution in [0.1, 0.15) is 45.8 Å². The maximum Gasteiger partial charge on any atom is 0.103 e. The molecular formula is C17H30N2O. The van der Waals surface area contributed by atoms with Gasteiger partial charge in [-0.2, -0.15) is 0 Å². The van der Waals surface area contributed by atoms with Gasteiger partial charge in [-0.05, 0) is 70.8 Å². The molecule has 0 aliphatic carbocycles. The second-order valence-corrected chi connectivity index (χ2v) is 6.25. The Bertz CT molecular complexity index is 355. The molecule has 2 rings (SSSR count). The Balaban J connectivity index is 1.67. The van der Waals surface area contributed by atoms with Crippen molar-refractivity contribution in [2.24, 2.45) is 5.92 Å². The van der Waals surface area contributed by atoms with Crippen molar-refractivity contribution in [3.8, 4) is 0 Å². The minimum Gasteiger partial charge on any atom is -0.469 e. The molecular weight excluding hydrogens is 248 g/mol. The first-order valence-corrected chi connectivity index (χ1v) is 8.19. The average molecular weight is 278 g/mol. The highest BCUT2D eigenvalue weighted by Crippen LogP contribution is 2.21. The smallest absolute Gasteiger partial charge is 0.103 e. The van der Waals surface area contributed by atoms with E-state index in [9.17, 15) is 0 Å². The third-order valence-electron chi connectivity index (χ3n) is 4.74.